The third-order valence-corrected chi connectivity index (χ3v) is 3.97. The molecule has 6 heteroatoms. The fourth-order valence-electron chi connectivity index (χ4n) is 2.80. The quantitative estimate of drug-likeness (QED) is 0.623. The molecule has 24 heavy (non-hydrogen) atoms. The summed E-state index contributed by atoms with van der Waals surface area (Å²) < 4.78 is 0. The van der Waals surface area contributed by atoms with Crippen LogP contribution >= 0.6 is 0 Å². The van der Waals surface area contributed by atoms with Crippen LogP contribution in [0.1, 0.15) is 11.1 Å². The second kappa shape index (κ2) is 8.03. The van der Waals surface area contributed by atoms with E-state index < -0.39 is 6.29 Å². The van der Waals surface area contributed by atoms with Crippen LogP contribution in [0.25, 0.3) is 0 Å². The highest BCUT2D eigenvalue weighted by Crippen LogP contribution is 2.11. The molecule has 1 aliphatic rings. The smallest absolute Gasteiger partial charge is 0.242 e. The van der Waals surface area contributed by atoms with Crippen molar-refractivity contribution < 1.29 is 4.79 Å². The Kier molecular flexibility index (Phi) is 5.55. The first-order valence-corrected chi connectivity index (χ1v) is 8.08. The van der Waals surface area contributed by atoms with Crippen molar-refractivity contribution in [2.45, 2.75) is 25.4 Å². The zero-order chi connectivity index (χ0) is 16.8. The summed E-state index contributed by atoms with van der Waals surface area (Å²) >= 11 is 0. The molecule has 1 saturated heterocycles. The molecule has 2 aromatic carbocycles. The van der Waals surface area contributed by atoms with Gasteiger partial charge >= 0.3 is 0 Å². The average Bonchev–Trinajstić information content (AvgIpc) is 2.59. The van der Waals surface area contributed by atoms with Gasteiger partial charge in [-0.25, -0.2) is 10.9 Å². The predicted molar refractivity (Wildman–Crippen MR) is 93.2 cm³/mol. The number of nitrogens with zero attached hydrogens (tertiary/aromatic N) is 1. The van der Waals surface area contributed by atoms with Crippen molar-refractivity contribution in [2.24, 2.45) is 5.73 Å². The highest BCUT2D eigenvalue weighted by atomic mass is 16.2. The van der Waals surface area contributed by atoms with Gasteiger partial charge in [-0.1, -0.05) is 60.7 Å². The van der Waals surface area contributed by atoms with E-state index >= 15 is 0 Å². The van der Waals surface area contributed by atoms with E-state index in [1.165, 1.54) is 11.1 Å². The predicted octanol–water partition coefficient (Wildman–Crippen LogP) is 0.524. The van der Waals surface area contributed by atoms with E-state index in [0.717, 1.165) is 13.1 Å². The monoisotopic (exact) mass is 325 g/mol. The molecule has 1 aliphatic heterocycles. The first kappa shape index (κ1) is 16.6. The van der Waals surface area contributed by atoms with E-state index in [9.17, 15) is 4.79 Å². The Morgan fingerprint density at radius 1 is 0.875 bits per heavy atom. The van der Waals surface area contributed by atoms with Gasteiger partial charge in [-0.05, 0) is 11.1 Å². The standard InChI is InChI=1S/C18H23N5O/c19-18-20-17(24)16(21-22-18)13-23(11-14-7-3-1-4-8-14)12-15-9-5-2-6-10-15/h1-10,16,18,21-22H,11-13,19H2,(H,20,24). The van der Waals surface area contributed by atoms with Crippen LogP contribution in [-0.2, 0) is 17.9 Å². The van der Waals surface area contributed by atoms with Gasteiger partial charge in [-0.2, -0.15) is 0 Å². The number of hydrogen-bond donors (Lipinski definition) is 4. The lowest BCUT2D eigenvalue weighted by atomic mass is 10.1. The minimum Gasteiger partial charge on any atom is -0.326 e. The van der Waals surface area contributed by atoms with Gasteiger partial charge in [0.1, 0.15) is 12.3 Å². The van der Waals surface area contributed by atoms with Crippen LogP contribution in [0.5, 0.6) is 0 Å². The molecule has 1 amide bonds. The molecule has 2 atom stereocenters. The van der Waals surface area contributed by atoms with E-state index in [1.807, 2.05) is 36.4 Å². The number of carbonyl (C=O) groups is 1. The summed E-state index contributed by atoms with van der Waals surface area (Å²) in [6.45, 7) is 2.12. The Morgan fingerprint density at radius 3 is 1.92 bits per heavy atom. The largest absolute Gasteiger partial charge is 0.326 e. The Hall–Kier alpha value is -2.25. The number of amides is 1. The van der Waals surface area contributed by atoms with Gasteiger partial charge in [0.2, 0.25) is 5.91 Å². The summed E-state index contributed by atoms with van der Waals surface area (Å²) in [5, 5.41) is 2.70. The number of nitrogens with one attached hydrogen (secondary N) is 3. The molecule has 2 unspecified atom stereocenters. The first-order chi connectivity index (χ1) is 11.7. The SMILES string of the molecule is NC1NNC(CN(Cc2ccccc2)Cc2ccccc2)C(=O)N1. The summed E-state index contributed by atoms with van der Waals surface area (Å²) in [6, 6.07) is 20.2. The second-order valence-electron chi connectivity index (χ2n) is 5.97. The van der Waals surface area contributed by atoms with E-state index in [-0.39, 0.29) is 11.9 Å². The second-order valence-corrected chi connectivity index (χ2v) is 5.97. The Labute approximate surface area is 142 Å². The summed E-state index contributed by atoms with van der Waals surface area (Å²) in [6.07, 6.45) is -0.551. The lowest BCUT2D eigenvalue weighted by Gasteiger charge is -2.33. The summed E-state index contributed by atoms with van der Waals surface area (Å²) in [5.41, 5.74) is 13.9. The highest BCUT2D eigenvalue weighted by molar-refractivity contribution is 5.82. The summed E-state index contributed by atoms with van der Waals surface area (Å²) in [4.78, 5) is 14.4. The van der Waals surface area contributed by atoms with Gasteiger partial charge in [-0.3, -0.25) is 15.4 Å². The highest BCUT2D eigenvalue weighted by Gasteiger charge is 2.27. The van der Waals surface area contributed by atoms with Crippen molar-refractivity contribution in [3.05, 3.63) is 71.8 Å². The zero-order valence-corrected chi connectivity index (χ0v) is 13.5. The van der Waals surface area contributed by atoms with Crippen molar-refractivity contribution in [2.75, 3.05) is 6.54 Å². The minimum absolute atomic E-state index is 0.0904. The molecule has 1 heterocycles. The lowest BCUT2D eigenvalue weighted by Crippen LogP contribution is -2.70. The lowest BCUT2D eigenvalue weighted by molar-refractivity contribution is -0.127. The molecule has 1 fully saturated rings. The number of benzene rings is 2. The molecule has 0 aliphatic carbocycles. The van der Waals surface area contributed by atoms with Gasteiger partial charge in [-0.15, -0.1) is 0 Å². The summed E-state index contributed by atoms with van der Waals surface area (Å²) in [5.74, 6) is -0.0904. The van der Waals surface area contributed by atoms with E-state index in [0.29, 0.717) is 6.54 Å². The molecule has 0 radical (unpaired) electrons. The van der Waals surface area contributed by atoms with Gasteiger partial charge in [0, 0.05) is 19.6 Å². The van der Waals surface area contributed by atoms with Crippen LogP contribution in [0.4, 0.5) is 0 Å². The molecule has 5 N–H and O–H groups in total. The Bertz CT molecular complexity index is 607. The number of hydrazine groups is 1. The van der Waals surface area contributed by atoms with Crippen molar-refractivity contribution in [3.8, 4) is 0 Å². The molecule has 0 bridgehead atoms. The average molecular weight is 325 g/mol. The van der Waals surface area contributed by atoms with Crippen LogP contribution in [0.15, 0.2) is 60.7 Å². The van der Waals surface area contributed by atoms with Crippen molar-refractivity contribution in [1.29, 1.82) is 0 Å². The molecular weight excluding hydrogens is 302 g/mol. The van der Waals surface area contributed by atoms with Crippen LogP contribution in [0, 0.1) is 0 Å². The third kappa shape index (κ3) is 4.62. The van der Waals surface area contributed by atoms with Crippen LogP contribution in [0.2, 0.25) is 0 Å². The minimum atomic E-state index is -0.551. The maximum Gasteiger partial charge on any atom is 0.242 e. The molecule has 3 rings (SSSR count). The van der Waals surface area contributed by atoms with Gasteiger partial charge in [0.25, 0.3) is 0 Å². The molecule has 2 aromatic rings. The molecule has 6 nitrogen and oxygen atoms in total. The molecule has 0 saturated carbocycles. The number of hydrogen-bond acceptors (Lipinski definition) is 5. The van der Waals surface area contributed by atoms with Gasteiger partial charge in [0.05, 0.1) is 0 Å². The van der Waals surface area contributed by atoms with Crippen LogP contribution in [0.3, 0.4) is 0 Å². The van der Waals surface area contributed by atoms with Gasteiger partial charge < -0.3 is 5.32 Å². The zero-order valence-electron chi connectivity index (χ0n) is 13.5. The third-order valence-electron chi connectivity index (χ3n) is 3.97. The number of carbonyl (C=O) groups excluding carboxylic acids is 1. The van der Waals surface area contributed by atoms with Crippen molar-refractivity contribution >= 4 is 5.91 Å². The molecule has 0 spiro atoms. The molecule has 0 aromatic heterocycles. The van der Waals surface area contributed by atoms with Crippen molar-refractivity contribution in [3.63, 3.8) is 0 Å². The Balaban J connectivity index is 1.70. The Morgan fingerprint density at radius 2 is 1.42 bits per heavy atom. The maximum absolute atomic E-state index is 12.1. The van der Waals surface area contributed by atoms with E-state index in [1.54, 1.807) is 0 Å². The van der Waals surface area contributed by atoms with Crippen LogP contribution < -0.4 is 21.9 Å². The number of nitrogens with two attached hydrogens (primary N) is 1. The maximum atomic E-state index is 12.1. The number of rotatable bonds is 6. The normalized spacial score (nSPS) is 20.8. The fraction of sp³-hybridized carbons (Fsp3) is 0.278. The fourth-order valence-corrected chi connectivity index (χ4v) is 2.80. The molecular formula is C18H23N5O. The van der Waals surface area contributed by atoms with Crippen molar-refractivity contribution in [1.82, 2.24) is 21.1 Å². The summed E-state index contributed by atoms with van der Waals surface area (Å²) in [7, 11) is 0. The molecule has 126 valence electrons. The topological polar surface area (TPSA) is 82.4 Å². The van der Waals surface area contributed by atoms with E-state index in [2.05, 4.69) is 45.3 Å². The van der Waals surface area contributed by atoms with Gasteiger partial charge in [0.15, 0.2) is 0 Å². The van der Waals surface area contributed by atoms with Crippen LogP contribution in [-0.4, -0.2) is 29.7 Å². The first-order valence-electron chi connectivity index (χ1n) is 8.08. The van der Waals surface area contributed by atoms with E-state index in [4.69, 9.17) is 5.73 Å².